The Morgan fingerprint density at radius 2 is 0.733 bits per heavy atom. The summed E-state index contributed by atoms with van der Waals surface area (Å²) in [5.74, 6) is -14.2. The molecule has 662 valence electrons. The van der Waals surface area contributed by atoms with Crippen molar-refractivity contribution in [3.05, 3.63) is 0 Å². The number of rotatable bonds is 49. The van der Waals surface area contributed by atoms with Crippen molar-refractivity contribution in [2.45, 2.75) is 304 Å². The first-order chi connectivity index (χ1) is 54.7. The van der Waals surface area contributed by atoms with Crippen molar-refractivity contribution in [1.29, 1.82) is 0 Å². The zero-order chi connectivity index (χ0) is 87.1. The summed E-state index contributed by atoms with van der Waals surface area (Å²) in [7, 11) is 0. The molecule has 0 bridgehead atoms. The number of amides is 12. The van der Waals surface area contributed by atoms with E-state index in [9.17, 15) is 113 Å². The molecule has 4 aliphatic heterocycles. The summed E-state index contributed by atoms with van der Waals surface area (Å²) < 4.78 is 62.1. The van der Waals surface area contributed by atoms with E-state index in [4.69, 9.17) is 70.3 Å². The normalized spacial score (nSPS) is 29.3. The van der Waals surface area contributed by atoms with Gasteiger partial charge in [0.25, 0.3) is 0 Å². The highest BCUT2D eigenvalue weighted by Crippen LogP contribution is 2.37. The Kier molecular flexibility index (Phi) is 42.5. The summed E-state index contributed by atoms with van der Waals surface area (Å²) in [6, 6.07) is -15.7. The Bertz CT molecular complexity index is 3270. The third-order valence-corrected chi connectivity index (χ3v) is 19.0. The number of aliphatic carboxylic acids is 2. The smallest absolute Gasteiger partial charge is 0.326 e. The topological polar surface area (TPSA) is 738 Å². The zero-order valence-corrected chi connectivity index (χ0v) is 66.0. The van der Waals surface area contributed by atoms with Crippen molar-refractivity contribution >= 4 is 82.8 Å². The van der Waals surface area contributed by atoms with E-state index in [1.54, 1.807) is 6.92 Å². The maximum atomic E-state index is 14.4. The van der Waals surface area contributed by atoms with Crippen LogP contribution >= 0.6 is 0 Å². The summed E-state index contributed by atoms with van der Waals surface area (Å²) in [5, 5.41) is 123. The number of carboxylic acid groups (broad SMARTS) is 2. The van der Waals surface area contributed by atoms with Crippen LogP contribution in [0.4, 0.5) is 0 Å². The monoisotopic (exact) mass is 1670 g/mol. The van der Waals surface area contributed by atoms with E-state index in [1.807, 2.05) is 0 Å². The Labute approximate surface area is 667 Å². The predicted molar refractivity (Wildman–Crippen MR) is 392 cm³/mol. The lowest BCUT2D eigenvalue weighted by molar-refractivity contribution is -0.366. The van der Waals surface area contributed by atoms with Gasteiger partial charge < -0.3 is 169 Å². The molecule has 0 spiro atoms. The fourth-order valence-corrected chi connectivity index (χ4v) is 13.0. The number of ether oxygens (including phenoxy) is 10. The van der Waals surface area contributed by atoms with Crippen molar-refractivity contribution in [3.63, 3.8) is 0 Å². The third-order valence-electron chi connectivity index (χ3n) is 19.0. The molecule has 28 atom stereocenters. The van der Waals surface area contributed by atoms with Gasteiger partial charge in [0.05, 0.1) is 26.4 Å². The number of hydrogen-bond donors (Lipinski definition) is 23. The molecule has 27 N–H and O–H groups in total. The molecule has 4 rings (SSSR count). The summed E-state index contributed by atoms with van der Waals surface area (Å²) in [4.78, 5) is 182. The van der Waals surface area contributed by atoms with Crippen LogP contribution in [0.3, 0.4) is 0 Å². The highest BCUT2D eigenvalue weighted by atomic mass is 16.8. The van der Waals surface area contributed by atoms with Gasteiger partial charge in [0.2, 0.25) is 70.9 Å². The van der Waals surface area contributed by atoms with Gasteiger partial charge in [0.15, 0.2) is 25.2 Å². The van der Waals surface area contributed by atoms with E-state index < -0.39 is 306 Å². The second-order valence-electron chi connectivity index (χ2n) is 28.4. The van der Waals surface area contributed by atoms with Gasteiger partial charge in [-0.1, -0.05) is 6.92 Å². The van der Waals surface area contributed by atoms with Crippen LogP contribution in [0.15, 0.2) is 0 Å². The minimum atomic E-state index is -2.20. The molecule has 0 aliphatic carbocycles. The van der Waals surface area contributed by atoms with Gasteiger partial charge in [-0.05, 0) is 98.6 Å². The molecule has 0 saturated carbocycles. The van der Waals surface area contributed by atoms with Crippen molar-refractivity contribution in [3.8, 4) is 0 Å². The summed E-state index contributed by atoms with van der Waals surface area (Å²) in [6.45, 7) is 6.79. The Morgan fingerprint density at radius 3 is 1.09 bits per heavy atom. The Balaban J connectivity index is 1.72. The first kappa shape index (κ1) is 100. The Morgan fingerprint density at radius 1 is 0.397 bits per heavy atom. The lowest BCUT2D eigenvalue weighted by Gasteiger charge is -2.52. The predicted octanol–water partition coefficient (Wildman–Crippen LogP) is -11.0. The summed E-state index contributed by atoms with van der Waals surface area (Å²) in [5.41, 5.74) is 22.1. The Hall–Kier alpha value is -8.18. The van der Waals surface area contributed by atoms with Crippen molar-refractivity contribution in [2.75, 3.05) is 46.1 Å². The SMILES string of the molecule is CCCO[C@H]1O[C@H](CO)[C@@H](O[C@@H]2O[C@H](CO)[C@@H](O[C@@H]3O[C@H](CO)[C@@H](O[C@@H]4O[C@H](CO)[C@@H](O)[C@H](OC(C)C(=O)N[C@@H](C)C(=O)N[C@H](CCC(=O)N[C@@H](CCCCN)C(=O)O)C(N)=O)[C@H]4NC(C)=O)[C@H](O)[C@H]3NC(C)=O)[C@H](OC(C)C(=O)N[C@@H](C)C(=O)N[C@H](CCC(=O)N[C@@H](CCCCN)C(=O)O)C(N)=O)[C@H]2NC(C)=O)[C@H](O)[C@H]1NC(C)=O. The minimum Gasteiger partial charge on any atom is -0.480 e. The number of hydrogen-bond acceptors (Lipinski definition) is 33. The van der Waals surface area contributed by atoms with Crippen molar-refractivity contribution in [2.24, 2.45) is 22.9 Å². The van der Waals surface area contributed by atoms with Crippen LogP contribution in [0.2, 0.25) is 0 Å². The van der Waals surface area contributed by atoms with E-state index >= 15 is 0 Å². The highest BCUT2D eigenvalue weighted by Gasteiger charge is 2.58. The number of carbonyl (C=O) groups excluding carboxylic acids is 12. The van der Waals surface area contributed by atoms with E-state index in [-0.39, 0.29) is 32.5 Å². The summed E-state index contributed by atoms with van der Waals surface area (Å²) in [6.07, 6.45) is -33.3. The lowest BCUT2D eigenvalue weighted by atomic mass is 9.92. The van der Waals surface area contributed by atoms with Crippen LogP contribution in [-0.2, 0) is 114 Å². The molecular formula is C69H118N14O33. The first-order valence-electron chi connectivity index (χ1n) is 38.0. The first-order valence-corrected chi connectivity index (χ1v) is 38.0. The molecular weight excluding hydrogens is 1550 g/mol. The molecule has 12 amide bonds. The van der Waals surface area contributed by atoms with Gasteiger partial charge in [-0.15, -0.1) is 0 Å². The van der Waals surface area contributed by atoms with Crippen LogP contribution in [0.1, 0.15) is 133 Å². The van der Waals surface area contributed by atoms with Crippen LogP contribution in [-0.4, -0.2) is 346 Å². The third kappa shape index (κ3) is 30.3. The maximum Gasteiger partial charge on any atom is 0.326 e. The van der Waals surface area contributed by atoms with E-state index in [0.29, 0.717) is 32.1 Å². The second-order valence-corrected chi connectivity index (χ2v) is 28.4. The minimum absolute atomic E-state index is 0.0373. The summed E-state index contributed by atoms with van der Waals surface area (Å²) >= 11 is 0. The molecule has 4 heterocycles. The van der Waals surface area contributed by atoms with Crippen molar-refractivity contribution < 1.29 is 160 Å². The zero-order valence-electron chi connectivity index (χ0n) is 66.0. The van der Waals surface area contributed by atoms with Crippen LogP contribution in [0.25, 0.3) is 0 Å². The molecule has 0 aromatic rings. The van der Waals surface area contributed by atoms with E-state index in [1.165, 1.54) is 6.92 Å². The maximum absolute atomic E-state index is 14.4. The molecule has 0 aromatic carbocycles. The molecule has 47 nitrogen and oxygen atoms in total. The number of carboxylic acids is 2. The molecule has 4 saturated heterocycles. The fraction of sp³-hybridized carbons (Fsp3) is 0.797. The second kappa shape index (κ2) is 49.3. The molecule has 0 aromatic heterocycles. The number of unbranched alkanes of at least 4 members (excludes halogenated alkanes) is 2. The van der Waals surface area contributed by atoms with Gasteiger partial charge >= 0.3 is 11.9 Å². The lowest BCUT2D eigenvalue weighted by Crippen LogP contribution is -2.72. The molecule has 0 radical (unpaired) electrons. The van der Waals surface area contributed by atoms with Gasteiger partial charge in [-0.3, -0.25) is 57.5 Å². The van der Waals surface area contributed by atoms with E-state index in [2.05, 4.69) is 53.2 Å². The van der Waals surface area contributed by atoms with E-state index in [0.717, 1.165) is 48.5 Å². The van der Waals surface area contributed by atoms with Crippen LogP contribution in [0.5, 0.6) is 0 Å². The van der Waals surface area contributed by atoms with Crippen LogP contribution < -0.4 is 76.1 Å². The van der Waals surface area contributed by atoms with Gasteiger partial charge in [0.1, 0.15) is 146 Å². The number of primary amides is 2. The fourth-order valence-electron chi connectivity index (χ4n) is 13.0. The number of nitrogens with two attached hydrogens (primary N) is 4. The quantitative estimate of drug-likeness (QED) is 0.0252. The standard InChI is InChI=1S/C69H118N14O33/c1-10-23-107-66-46(76-32(6)88)51(95)53(41(25-85)111-66)115-69-49(79-35(9)91)57(109-31(5)63(102)75-29(3)61(100)83-37(59(73)98)18-20-45(93)81-39(65(105)106)16-12-14-22-71)55(43(27-87)113-69)116-67-47(77-33(7)89)52(96)54(42(26-86)112-67)114-68-48(78-34(8)90)56(50(94)40(24-84)110-68)108-30(4)62(101)74-28(2)60(99)82-36(58(72)97)17-19-44(92)80-38(64(103)104)15-11-13-21-70/h28-31,36-43,46-57,66-69,84-87,94-96H,10-27,70-71H2,1-9H3,(H2,72,97)(H2,73,98)(H,74,101)(H,75,102)(H,76,88)(H,77,89)(H,78,90)(H,79,91)(H,80,92)(H,81,93)(H,82,99)(H,83,100)(H,103,104)(H,105,106)/t28-,29-,30?,31?,36+,37+,38-,39-,40+,41+,42+,43+,46+,47+,48+,49+,50+,51+,52+,53+,54+,55+,56+,57+,66-,67-,68-,69-/m0/s1. The average molecular weight is 1670 g/mol. The van der Waals surface area contributed by atoms with Crippen molar-refractivity contribution in [1.82, 2.24) is 53.2 Å². The van der Waals surface area contributed by atoms with Crippen LogP contribution in [0, 0.1) is 0 Å². The average Bonchev–Trinajstić information content (AvgIpc) is 0.762. The highest BCUT2D eigenvalue weighted by molar-refractivity contribution is 5.94. The molecule has 47 heteroatoms. The number of nitrogens with one attached hydrogen (secondary N) is 10. The molecule has 2 unspecified atom stereocenters. The number of aliphatic hydroxyl groups is 7. The number of carbonyl (C=O) groups is 14. The molecule has 116 heavy (non-hydrogen) atoms. The number of aliphatic hydroxyl groups excluding tert-OH is 7. The largest absolute Gasteiger partial charge is 0.480 e. The van der Waals surface area contributed by atoms with Gasteiger partial charge in [0, 0.05) is 47.1 Å². The molecule has 4 aliphatic rings. The van der Waals surface area contributed by atoms with Gasteiger partial charge in [-0.25, -0.2) is 9.59 Å². The molecule has 4 fully saturated rings. The van der Waals surface area contributed by atoms with Gasteiger partial charge in [-0.2, -0.15) is 0 Å².